The first-order chi connectivity index (χ1) is 16.1. The molecule has 3 N–H and O–H groups in total. The Bertz CT molecular complexity index is 1050. The Morgan fingerprint density at radius 1 is 1.03 bits per heavy atom. The largest absolute Gasteiger partial charge is 0.494 e. The zero-order chi connectivity index (χ0) is 25.4. The van der Waals surface area contributed by atoms with Crippen LogP contribution in [0.25, 0.3) is 0 Å². The molecule has 1 heterocycles. The molecule has 0 fully saturated rings. The maximum atomic E-state index is 12.9. The number of anilines is 1. The Labute approximate surface area is 201 Å². The van der Waals surface area contributed by atoms with Crippen LogP contribution < -0.4 is 15.8 Å². The highest BCUT2D eigenvalue weighted by atomic mass is 32.1. The first kappa shape index (κ1) is 26.7. The number of carbonyl (C=O) groups is 4. The van der Waals surface area contributed by atoms with Gasteiger partial charge in [-0.3, -0.25) is 4.79 Å². The Balaban J connectivity index is 2.20. The molecule has 1 aromatic heterocycles. The highest BCUT2D eigenvalue weighted by Gasteiger charge is 2.30. The van der Waals surface area contributed by atoms with Crippen LogP contribution in [-0.4, -0.2) is 50.7 Å². The lowest BCUT2D eigenvalue weighted by molar-refractivity contribution is -0.148. The third-order valence-corrected chi connectivity index (χ3v) is 5.83. The number of hydrogen-bond acceptors (Lipinski definition) is 10. The van der Waals surface area contributed by atoms with Crippen molar-refractivity contribution in [3.05, 3.63) is 45.8 Å². The number of hydrogen-bond donors (Lipinski definition) is 2. The number of amides is 1. The van der Waals surface area contributed by atoms with Gasteiger partial charge in [0.2, 0.25) is 0 Å². The summed E-state index contributed by atoms with van der Waals surface area (Å²) in [5.41, 5.74) is 6.24. The van der Waals surface area contributed by atoms with Crippen molar-refractivity contribution in [2.45, 2.75) is 33.4 Å². The van der Waals surface area contributed by atoms with Crippen LogP contribution >= 0.6 is 11.3 Å². The highest BCUT2D eigenvalue weighted by molar-refractivity contribution is 7.18. The van der Waals surface area contributed by atoms with Crippen molar-refractivity contribution < 1.29 is 38.1 Å². The number of nitrogens with two attached hydrogens (primary N) is 1. The molecule has 11 heteroatoms. The van der Waals surface area contributed by atoms with Gasteiger partial charge in [-0.2, -0.15) is 0 Å². The van der Waals surface area contributed by atoms with Gasteiger partial charge in [0.1, 0.15) is 33.8 Å². The van der Waals surface area contributed by atoms with Crippen molar-refractivity contribution in [1.82, 2.24) is 5.32 Å². The average molecular weight is 493 g/mol. The van der Waals surface area contributed by atoms with E-state index in [0.717, 1.165) is 18.4 Å². The van der Waals surface area contributed by atoms with Gasteiger partial charge in [-0.25, -0.2) is 14.4 Å². The van der Waals surface area contributed by atoms with E-state index in [1.807, 2.05) is 6.92 Å². The summed E-state index contributed by atoms with van der Waals surface area (Å²) in [5, 5.41) is 2.69. The number of carbonyl (C=O) groups excluding carboxylic acids is 4. The van der Waals surface area contributed by atoms with Gasteiger partial charge in [0.15, 0.2) is 0 Å². The number of benzene rings is 1. The predicted molar refractivity (Wildman–Crippen MR) is 125 cm³/mol. The van der Waals surface area contributed by atoms with Gasteiger partial charge in [-0.15, -0.1) is 11.3 Å². The van der Waals surface area contributed by atoms with E-state index in [1.54, 1.807) is 38.1 Å². The van der Waals surface area contributed by atoms with E-state index >= 15 is 0 Å². The molecule has 0 saturated heterocycles. The van der Waals surface area contributed by atoms with Crippen molar-refractivity contribution in [3.63, 3.8) is 0 Å². The van der Waals surface area contributed by atoms with Crippen molar-refractivity contribution in [3.8, 4) is 5.75 Å². The van der Waals surface area contributed by atoms with E-state index in [4.69, 9.17) is 24.7 Å². The van der Waals surface area contributed by atoms with Crippen LogP contribution in [0.1, 0.15) is 56.7 Å². The number of methoxy groups -OCH3 is 2. The van der Waals surface area contributed by atoms with E-state index in [1.165, 1.54) is 7.11 Å². The maximum absolute atomic E-state index is 12.9. The molecule has 0 aliphatic carbocycles. The fourth-order valence-electron chi connectivity index (χ4n) is 3.03. The summed E-state index contributed by atoms with van der Waals surface area (Å²) in [7, 11) is 2.34. The Morgan fingerprint density at radius 3 is 2.18 bits per heavy atom. The van der Waals surface area contributed by atoms with Crippen LogP contribution in [0.5, 0.6) is 5.75 Å². The number of nitrogens with one attached hydrogen (secondary N) is 1. The molecule has 2 aromatic rings. The molecule has 0 aliphatic rings. The first-order valence-corrected chi connectivity index (χ1v) is 11.2. The highest BCUT2D eigenvalue weighted by Crippen LogP contribution is 2.33. The van der Waals surface area contributed by atoms with Gasteiger partial charge in [0.05, 0.1) is 20.8 Å². The van der Waals surface area contributed by atoms with E-state index in [9.17, 15) is 19.2 Å². The van der Waals surface area contributed by atoms with Crippen molar-refractivity contribution >= 4 is 40.2 Å². The molecule has 1 atom stereocenters. The number of rotatable bonds is 10. The number of ether oxygens (including phenoxy) is 4. The fraction of sp³-hybridized carbons (Fsp3) is 0.391. The topological polar surface area (TPSA) is 143 Å². The molecule has 10 nitrogen and oxygen atoms in total. The normalized spacial score (nSPS) is 11.5. The summed E-state index contributed by atoms with van der Waals surface area (Å²) in [6, 6.07) is 5.50. The number of thiophene rings is 1. The molecule has 184 valence electrons. The van der Waals surface area contributed by atoms with Crippen molar-refractivity contribution in [2.24, 2.45) is 5.92 Å². The SMILES string of the molecule is CCOc1ccc(C(=O)NC(C(=O)OCc2c(C(=O)OC)sc(N)c2C(=O)OC)C(C)C)cc1. The Kier molecular flexibility index (Phi) is 9.43. The summed E-state index contributed by atoms with van der Waals surface area (Å²) >= 11 is 0.827. The van der Waals surface area contributed by atoms with E-state index < -0.39 is 36.5 Å². The van der Waals surface area contributed by atoms with Gasteiger partial charge in [-0.05, 0) is 37.1 Å². The molecule has 0 radical (unpaired) electrons. The van der Waals surface area contributed by atoms with Crippen LogP contribution in [0.15, 0.2) is 24.3 Å². The fourth-order valence-corrected chi connectivity index (χ4v) is 4.01. The third kappa shape index (κ3) is 6.25. The minimum Gasteiger partial charge on any atom is -0.494 e. The van der Waals surface area contributed by atoms with Gasteiger partial charge in [0.25, 0.3) is 5.91 Å². The van der Waals surface area contributed by atoms with E-state index in [2.05, 4.69) is 5.32 Å². The molecular formula is C23H28N2O8S. The monoisotopic (exact) mass is 492 g/mol. The minimum atomic E-state index is -0.988. The minimum absolute atomic E-state index is 0.0210. The molecule has 0 bridgehead atoms. The van der Waals surface area contributed by atoms with Crippen LogP contribution in [0, 0.1) is 5.92 Å². The molecule has 0 spiro atoms. The van der Waals surface area contributed by atoms with Gasteiger partial charge < -0.3 is 30.0 Å². The summed E-state index contributed by atoms with van der Waals surface area (Å²) < 4.78 is 20.2. The summed E-state index contributed by atoms with van der Waals surface area (Å²) in [5.74, 6) is -2.42. The number of esters is 3. The van der Waals surface area contributed by atoms with E-state index in [-0.39, 0.29) is 26.9 Å². The van der Waals surface area contributed by atoms with Crippen LogP contribution in [0.3, 0.4) is 0 Å². The van der Waals surface area contributed by atoms with Crippen LogP contribution in [0.2, 0.25) is 0 Å². The lowest BCUT2D eigenvalue weighted by Crippen LogP contribution is -2.45. The predicted octanol–water partition coefficient (Wildman–Crippen LogP) is 2.80. The molecule has 1 unspecified atom stereocenters. The summed E-state index contributed by atoms with van der Waals surface area (Å²) in [6.07, 6.45) is 0. The first-order valence-electron chi connectivity index (χ1n) is 10.4. The van der Waals surface area contributed by atoms with Crippen molar-refractivity contribution in [1.29, 1.82) is 0 Å². The second-order valence-electron chi connectivity index (χ2n) is 7.39. The Hall–Kier alpha value is -3.60. The number of nitrogen functional groups attached to an aromatic ring is 1. The smallest absolute Gasteiger partial charge is 0.348 e. The zero-order valence-corrected chi connectivity index (χ0v) is 20.4. The zero-order valence-electron chi connectivity index (χ0n) is 19.6. The maximum Gasteiger partial charge on any atom is 0.348 e. The molecule has 0 saturated carbocycles. The molecule has 2 rings (SSSR count). The standard InChI is InChI=1S/C23H28N2O8S/c1-6-32-14-9-7-13(8-10-14)20(26)25-17(12(2)3)22(28)33-11-15-16(21(27)30-4)19(24)34-18(15)23(29)31-5/h7-10,12,17H,6,11,24H2,1-5H3,(H,25,26). The Morgan fingerprint density at radius 2 is 1.65 bits per heavy atom. The van der Waals surface area contributed by atoms with Gasteiger partial charge in [-0.1, -0.05) is 13.8 Å². The second-order valence-corrected chi connectivity index (χ2v) is 8.44. The quantitative estimate of drug-likeness (QED) is 0.378. The molecule has 34 heavy (non-hydrogen) atoms. The molecule has 1 aromatic carbocycles. The van der Waals surface area contributed by atoms with Crippen LogP contribution in [0.4, 0.5) is 5.00 Å². The molecule has 0 aliphatic heterocycles. The summed E-state index contributed by atoms with van der Waals surface area (Å²) in [6.45, 7) is 5.40. The average Bonchev–Trinajstić information content (AvgIpc) is 3.16. The lowest BCUT2D eigenvalue weighted by Gasteiger charge is -2.21. The summed E-state index contributed by atoms with van der Waals surface area (Å²) in [4.78, 5) is 49.9. The molecular weight excluding hydrogens is 464 g/mol. The second kappa shape index (κ2) is 12.0. The van der Waals surface area contributed by atoms with E-state index in [0.29, 0.717) is 17.9 Å². The van der Waals surface area contributed by atoms with Crippen LogP contribution in [-0.2, 0) is 25.6 Å². The third-order valence-electron chi connectivity index (χ3n) is 4.79. The lowest BCUT2D eigenvalue weighted by atomic mass is 10.0. The van der Waals surface area contributed by atoms with Gasteiger partial charge >= 0.3 is 17.9 Å². The molecule has 1 amide bonds. The van der Waals surface area contributed by atoms with Crippen molar-refractivity contribution in [2.75, 3.05) is 26.6 Å². The van der Waals surface area contributed by atoms with Gasteiger partial charge in [0, 0.05) is 11.1 Å².